The Balaban J connectivity index is 2.00. The number of carboxylic acid groups (broad SMARTS) is 1. The van der Waals surface area contributed by atoms with Gasteiger partial charge in [-0.1, -0.05) is 0 Å². The summed E-state index contributed by atoms with van der Waals surface area (Å²) in [6, 6.07) is 2.44. The maximum absolute atomic E-state index is 13.1. The van der Waals surface area contributed by atoms with E-state index < -0.39 is 23.6 Å². The Bertz CT molecular complexity index is 557. The molecule has 0 aliphatic carbocycles. The Hall–Kier alpha value is -2.02. The molecule has 1 N–H and O–H groups in total. The van der Waals surface area contributed by atoms with E-state index in [0.717, 1.165) is 12.1 Å². The first-order chi connectivity index (χ1) is 9.90. The van der Waals surface area contributed by atoms with Gasteiger partial charge in [-0.05, 0) is 25.1 Å². The third-order valence-electron chi connectivity index (χ3n) is 3.67. The van der Waals surface area contributed by atoms with Crippen molar-refractivity contribution < 1.29 is 23.5 Å². The topological polar surface area (TPSA) is 60.9 Å². The number of rotatable bonds is 3. The number of carbonyl (C=O) groups excluding carboxylic acids is 1. The zero-order chi connectivity index (χ0) is 15.6. The Morgan fingerprint density at radius 1 is 1.14 bits per heavy atom. The third-order valence-corrected chi connectivity index (χ3v) is 3.67. The zero-order valence-electron chi connectivity index (χ0n) is 11.6. The highest BCUT2D eigenvalue weighted by Gasteiger charge is 2.27. The van der Waals surface area contributed by atoms with Crippen LogP contribution >= 0.6 is 0 Å². The number of carbonyl (C=O) groups is 2. The number of piperazine rings is 1. The number of aliphatic carboxylic acids is 1. The van der Waals surface area contributed by atoms with E-state index in [1.807, 2.05) is 0 Å². The molecule has 114 valence electrons. The summed E-state index contributed by atoms with van der Waals surface area (Å²) >= 11 is 0. The lowest BCUT2D eigenvalue weighted by atomic mass is 10.1. The monoisotopic (exact) mass is 298 g/mol. The van der Waals surface area contributed by atoms with Gasteiger partial charge in [-0.2, -0.15) is 0 Å². The SMILES string of the molecule is CC(C(=O)O)N1CCN(C(=O)c2ccc(F)c(F)c2)CC1. The first kappa shape index (κ1) is 15.4. The van der Waals surface area contributed by atoms with Gasteiger partial charge in [0.2, 0.25) is 0 Å². The van der Waals surface area contributed by atoms with Gasteiger partial charge in [0, 0.05) is 31.7 Å². The van der Waals surface area contributed by atoms with Crippen molar-refractivity contribution in [2.75, 3.05) is 26.2 Å². The van der Waals surface area contributed by atoms with Gasteiger partial charge < -0.3 is 10.0 Å². The van der Waals surface area contributed by atoms with Crippen LogP contribution in [0.2, 0.25) is 0 Å². The minimum atomic E-state index is -1.06. The quantitative estimate of drug-likeness (QED) is 0.911. The van der Waals surface area contributed by atoms with Gasteiger partial charge in [0.1, 0.15) is 6.04 Å². The molecule has 21 heavy (non-hydrogen) atoms. The average molecular weight is 298 g/mol. The molecule has 1 unspecified atom stereocenters. The summed E-state index contributed by atoms with van der Waals surface area (Å²) in [7, 11) is 0. The molecule has 2 rings (SSSR count). The molecule has 0 radical (unpaired) electrons. The second kappa shape index (κ2) is 6.17. The predicted molar refractivity (Wildman–Crippen MR) is 70.9 cm³/mol. The van der Waals surface area contributed by atoms with Gasteiger partial charge in [-0.25, -0.2) is 8.78 Å². The minimum absolute atomic E-state index is 0.0913. The van der Waals surface area contributed by atoms with Gasteiger partial charge >= 0.3 is 5.97 Å². The highest BCUT2D eigenvalue weighted by Crippen LogP contribution is 2.14. The zero-order valence-corrected chi connectivity index (χ0v) is 11.6. The summed E-state index contributed by atoms with van der Waals surface area (Å²) in [5, 5.41) is 8.94. The van der Waals surface area contributed by atoms with E-state index in [-0.39, 0.29) is 11.5 Å². The van der Waals surface area contributed by atoms with Crippen LogP contribution in [0.3, 0.4) is 0 Å². The van der Waals surface area contributed by atoms with E-state index >= 15 is 0 Å². The minimum Gasteiger partial charge on any atom is -0.480 e. The number of hydrogen-bond donors (Lipinski definition) is 1. The number of amides is 1. The van der Waals surface area contributed by atoms with Gasteiger partial charge in [-0.15, -0.1) is 0 Å². The maximum atomic E-state index is 13.1. The molecule has 1 saturated heterocycles. The van der Waals surface area contributed by atoms with Crippen LogP contribution in [0.15, 0.2) is 18.2 Å². The standard InChI is InChI=1S/C14H16F2N2O3/c1-9(14(20)21)17-4-6-18(7-5-17)13(19)10-2-3-11(15)12(16)8-10/h2-3,8-9H,4-7H2,1H3,(H,20,21). The van der Waals surface area contributed by atoms with Crippen LogP contribution in [0.25, 0.3) is 0 Å². The molecular formula is C14H16F2N2O3. The summed E-state index contributed by atoms with van der Waals surface area (Å²) in [5.41, 5.74) is 0.0913. The molecule has 0 spiro atoms. The van der Waals surface area contributed by atoms with Crippen LogP contribution in [0, 0.1) is 11.6 Å². The summed E-state index contributed by atoms with van der Waals surface area (Å²) in [5.74, 6) is -3.34. The summed E-state index contributed by atoms with van der Waals surface area (Å²) in [6.45, 7) is 3.17. The van der Waals surface area contributed by atoms with Gasteiger partial charge in [0.15, 0.2) is 11.6 Å². The summed E-state index contributed by atoms with van der Waals surface area (Å²) in [6.07, 6.45) is 0. The van der Waals surface area contributed by atoms with Crippen LogP contribution in [0.5, 0.6) is 0 Å². The Kier molecular flexibility index (Phi) is 4.52. The Morgan fingerprint density at radius 3 is 2.29 bits per heavy atom. The molecule has 1 aliphatic heterocycles. The largest absolute Gasteiger partial charge is 0.480 e. The van der Waals surface area contributed by atoms with Gasteiger partial charge in [0.25, 0.3) is 5.91 Å². The number of nitrogens with zero attached hydrogens (tertiary/aromatic N) is 2. The Labute approximate surface area is 120 Å². The third kappa shape index (κ3) is 3.36. The molecule has 1 fully saturated rings. The highest BCUT2D eigenvalue weighted by atomic mass is 19.2. The van der Waals surface area contributed by atoms with Crippen LogP contribution in [0.4, 0.5) is 8.78 Å². The molecule has 5 nitrogen and oxygen atoms in total. The second-order valence-electron chi connectivity index (χ2n) is 4.97. The van der Waals surface area contributed by atoms with Crippen molar-refractivity contribution in [3.63, 3.8) is 0 Å². The van der Waals surface area contributed by atoms with Crippen molar-refractivity contribution in [3.05, 3.63) is 35.4 Å². The lowest BCUT2D eigenvalue weighted by Crippen LogP contribution is -2.53. The molecule has 1 aromatic rings. The molecule has 0 aromatic heterocycles. The van der Waals surface area contributed by atoms with Gasteiger partial charge in [0.05, 0.1) is 0 Å². The van der Waals surface area contributed by atoms with Crippen LogP contribution in [-0.4, -0.2) is 59.0 Å². The normalized spacial score (nSPS) is 17.6. The van der Waals surface area contributed by atoms with E-state index in [1.54, 1.807) is 11.8 Å². The van der Waals surface area contributed by atoms with E-state index in [4.69, 9.17) is 5.11 Å². The molecule has 1 aromatic carbocycles. The smallest absolute Gasteiger partial charge is 0.320 e. The summed E-state index contributed by atoms with van der Waals surface area (Å²) in [4.78, 5) is 26.4. The van der Waals surface area contributed by atoms with E-state index in [2.05, 4.69) is 0 Å². The van der Waals surface area contributed by atoms with Crippen molar-refractivity contribution in [1.82, 2.24) is 9.80 Å². The van der Waals surface area contributed by atoms with Crippen molar-refractivity contribution in [2.24, 2.45) is 0 Å². The molecule has 0 saturated carbocycles. The maximum Gasteiger partial charge on any atom is 0.320 e. The molecule has 7 heteroatoms. The predicted octanol–water partition coefficient (Wildman–Crippen LogP) is 1.20. The highest BCUT2D eigenvalue weighted by molar-refractivity contribution is 5.94. The molecule has 1 amide bonds. The fourth-order valence-electron chi connectivity index (χ4n) is 2.28. The number of halogens is 2. The first-order valence-corrected chi connectivity index (χ1v) is 6.61. The van der Waals surface area contributed by atoms with Crippen LogP contribution in [0.1, 0.15) is 17.3 Å². The average Bonchev–Trinajstić information content (AvgIpc) is 2.48. The lowest BCUT2D eigenvalue weighted by molar-refractivity contribution is -0.143. The Morgan fingerprint density at radius 2 is 1.76 bits per heavy atom. The molecule has 0 bridgehead atoms. The van der Waals surface area contributed by atoms with E-state index in [0.29, 0.717) is 26.2 Å². The van der Waals surface area contributed by atoms with Crippen molar-refractivity contribution in [3.8, 4) is 0 Å². The van der Waals surface area contributed by atoms with E-state index in [1.165, 1.54) is 11.0 Å². The molecule has 1 atom stereocenters. The fourth-order valence-corrected chi connectivity index (χ4v) is 2.28. The second-order valence-corrected chi connectivity index (χ2v) is 4.97. The lowest BCUT2D eigenvalue weighted by Gasteiger charge is -2.36. The number of carboxylic acids is 1. The molecule has 1 heterocycles. The fraction of sp³-hybridized carbons (Fsp3) is 0.429. The van der Waals surface area contributed by atoms with E-state index in [9.17, 15) is 18.4 Å². The van der Waals surface area contributed by atoms with Crippen molar-refractivity contribution in [1.29, 1.82) is 0 Å². The van der Waals surface area contributed by atoms with Crippen LogP contribution < -0.4 is 0 Å². The van der Waals surface area contributed by atoms with Crippen LogP contribution in [-0.2, 0) is 4.79 Å². The number of hydrogen-bond acceptors (Lipinski definition) is 3. The summed E-state index contributed by atoms with van der Waals surface area (Å²) < 4.78 is 26.0. The van der Waals surface area contributed by atoms with Crippen molar-refractivity contribution in [2.45, 2.75) is 13.0 Å². The first-order valence-electron chi connectivity index (χ1n) is 6.61. The molecular weight excluding hydrogens is 282 g/mol. The molecule has 1 aliphatic rings. The van der Waals surface area contributed by atoms with Crippen molar-refractivity contribution >= 4 is 11.9 Å². The number of benzene rings is 1. The van der Waals surface area contributed by atoms with Gasteiger partial charge in [-0.3, -0.25) is 14.5 Å².